The van der Waals surface area contributed by atoms with Gasteiger partial charge < -0.3 is 5.32 Å². The molecular weight excluding hydrogens is 362 g/mol. The summed E-state index contributed by atoms with van der Waals surface area (Å²) in [6.45, 7) is 2.88. The second-order valence-corrected chi connectivity index (χ2v) is 8.50. The van der Waals surface area contributed by atoms with Gasteiger partial charge in [-0.05, 0) is 60.7 Å². The Hall–Kier alpha value is -1.89. The molecule has 1 aliphatic heterocycles. The molecule has 1 aliphatic rings. The number of benzene rings is 2. The highest BCUT2D eigenvalue weighted by molar-refractivity contribution is 7.97. The van der Waals surface area contributed by atoms with Crippen LogP contribution in [0.2, 0.25) is 0 Å². The topological polar surface area (TPSA) is 45.2 Å². The Morgan fingerprint density at radius 1 is 1.12 bits per heavy atom. The highest BCUT2D eigenvalue weighted by Gasteiger charge is 2.11. The van der Waals surface area contributed by atoms with Crippen molar-refractivity contribution in [1.82, 2.24) is 14.6 Å². The second-order valence-electron chi connectivity index (χ2n) is 6.44. The third-order valence-electron chi connectivity index (χ3n) is 4.52. The molecule has 4 rings (SSSR count). The van der Waals surface area contributed by atoms with Crippen molar-refractivity contribution in [2.45, 2.75) is 30.7 Å². The van der Waals surface area contributed by atoms with E-state index in [1.807, 2.05) is 30.1 Å². The number of amides is 1. The number of thiazole rings is 1. The van der Waals surface area contributed by atoms with Crippen molar-refractivity contribution in [3.05, 3.63) is 59.1 Å². The number of rotatable bonds is 5. The van der Waals surface area contributed by atoms with E-state index >= 15 is 0 Å². The van der Waals surface area contributed by atoms with E-state index in [2.05, 4.69) is 38.9 Å². The number of aromatic nitrogens is 1. The minimum atomic E-state index is -0.0490. The summed E-state index contributed by atoms with van der Waals surface area (Å²) >= 11 is 3.39. The number of carbonyl (C=O) groups is 1. The van der Waals surface area contributed by atoms with Gasteiger partial charge in [0.2, 0.25) is 0 Å². The Labute approximate surface area is 161 Å². The molecule has 1 N–H and O–H groups in total. The summed E-state index contributed by atoms with van der Waals surface area (Å²) in [6, 6.07) is 14.1. The summed E-state index contributed by atoms with van der Waals surface area (Å²) in [6.07, 6.45) is 3.94. The molecule has 1 aromatic heterocycles. The van der Waals surface area contributed by atoms with Crippen LogP contribution in [0.15, 0.2) is 52.9 Å². The molecule has 2 aromatic carbocycles. The lowest BCUT2D eigenvalue weighted by molar-refractivity contribution is 0.0951. The second kappa shape index (κ2) is 8.20. The van der Waals surface area contributed by atoms with E-state index in [-0.39, 0.29) is 5.91 Å². The van der Waals surface area contributed by atoms with Crippen LogP contribution >= 0.6 is 23.3 Å². The Morgan fingerprint density at radius 2 is 1.92 bits per heavy atom. The van der Waals surface area contributed by atoms with Crippen molar-refractivity contribution < 1.29 is 4.79 Å². The fourth-order valence-corrected chi connectivity index (χ4v) is 4.77. The zero-order valence-corrected chi connectivity index (χ0v) is 16.1. The summed E-state index contributed by atoms with van der Waals surface area (Å²) in [5.74, 6) is -0.0490. The molecule has 0 atom stereocenters. The number of piperidine rings is 1. The third kappa shape index (κ3) is 4.26. The van der Waals surface area contributed by atoms with Crippen LogP contribution in [0.25, 0.3) is 10.2 Å². The molecule has 0 unspecified atom stereocenters. The van der Waals surface area contributed by atoms with Crippen molar-refractivity contribution >= 4 is 39.4 Å². The van der Waals surface area contributed by atoms with E-state index in [0.29, 0.717) is 12.1 Å². The fraction of sp³-hybridized carbons (Fsp3) is 0.300. The molecule has 26 heavy (non-hydrogen) atoms. The summed E-state index contributed by atoms with van der Waals surface area (Å²) in [7, 11) is 0. The first-order valence-electron chi connectivity index (χ1n) is 8.91. The van der Waals surface area contributed by atoms with Crippen LogP contribution < -0.4 is 5.32 Å². The molecule has 134 valence electrons. The maximum absolute atomic E-state index is 12.4. The van der Waals surface area contributed by atoms with E-state index < -0.39 is 0 Å². The van der Waals surface area contributed by atoms with Crippen molar-refractivity contribution in [3.8, 4) is 0 Å². The van der Waals surface area contributed by atoms with Crippen LogP contribution in [0.4, 0.5) is 0 Å². The number of hydrogen-bond acceptors (Lipinski definition) is 5. The highest BCUT2D eigenvalue weighted by Crippen LogP contribution is 2.26. The monoisotopic (exact) mass is 383 g/mol. The number of hydrogen-bond donors (Lipinski definition) is 1. The van der Waals surface area contributed by atoms with Crippen LogP contribution in [-0.4, -0.2) is 28.3 Å². The predicted molar refractivity (Wildman–Crippen MR) is 109 cm³/mol. The first-order valence-corrected chi connectivity index (χ1v) is 10.6. The zero-order valence-electron chi connectivity index (χ0n) is 14.5. The zero-order chi connectivity index (χ0) is 17.8. The van der Waals surface area contributed by atoms with Gasteiger partial charge in [0.15, 0.2) is 0 Å². The van der Waals surface area contributed by atoms with Crippen molar-refractivity contribution in [2.24, 2.45) is 0 Å². The fourth-order valence-electron chi connectivity index (χ4n) is 3.05. The number of carbonyl (C=O) groups excluding carboxylic acids is 1. The number of nitrogens with zero attached hydrogens (tertiary/aromatic N) is 2. The molecule has 2 heterocycles. The van der Waals surface area contributed by atoms with Gasteiger partial charge in [-0.25, -0.2) is 9.29 Å². The van der Waals surface area contributed by atoms with Gasteiger partial charge in [-0.3, -0.25) is 4.79 Å². The van der Waals surface area contributed by atoms with Crippen LogP contribution in [0, 0.1) is 0 Å². The number of nitrogens with one attached hydrogen (secondary N) is 1. The summed E-state index contributed by atoms with van der Waals surface area (Å²) in [5.41, 5.74) is 4.53. The lowest BCUT2D eigenvalue weighted by atomic mass is 10.2. The average Bonchev–Trinajstić information content (AvgIpc) is 3.16. The SMILES string of the molecule is O=C(NCc1ccc(SN2CCCCC2)cc1)c1ccc2ncsc2c1. The molecule has 0 bridgehead atoms. The molecule has 1 amide bonds. The lowest BCUT2D eigenvalue weighted by Gasteiger charge is -2.25. The molecule has 0 saturated carbocycles. The van der Waals surface area contributed by atoms with Crippen molar-refractivity contribution in [2.75, 3.05) is 13.1 Å². The third-order valence-corrected chi connectivity index (χ3v) is 6.42. The summed E-state index contributed by atoms with van der Waals surface area (Å²) in [5, 5.41) is 3.00. The Bertz CT molecular complexity index is 885. The van der Waals surface area contributed by atoms with E-state index in [1.54, 1.807) is 16.8 Å². The molecule has 0 spiro atoms. The van der Waals surface area contributed by atoms with Gasteiger partial charge in [-0.15, -0.1) is 11.3 Å². The summed E-state index contributed by atoms with van der Waals surface area (Å²) in [4.78, 5) is 17.9. The van der Waals surface area contributed by atoms with Crippen LogP contribution in [0.3, 0.4) is 0 Å². The van der Waals surface area contributed by atoms with E-state index in [4.69, 9.17) is 0 Å². The van der Waals surface area contributed by atoms with Crippen LogP contribution in [0.5, 0.6) is 0 Å². The van der Waals surface area contributed by atoms with Gasteiger partial charge in [0, 0.05) is 30.1 Å². The van der Waals surface area contributed by atoms with Crippen molar-refractivity contribution in [3.63, 3.8) is 0 Å². The molecule has 3 aromatic rings. The van der Waals surface area contributed by atoms with Crippen LogP contribution in [0.1, 0.15) is 35.2 Å². The highest BCUT2D eigenvalue weighted by atomic mass is 32.2. The Kier molecular flexibility index (Phi) is 5.53. The molecular formula is C20H21N3OS2. The standard InChI is InChI=1S/C20H21N3OS2/c24-20(16-6-9-18-19(12-16)25-14-22-18)21-13-15-4-7-17(8-5-15)26-23-10-2-1-3-11-23/h4-9,12,14H,1-3,10-11,13H2,(H,21,24). The van der Waals surface area contributed by atoms with Gasteiger partial charge in [-0.1, -0.05) is 18.6 Å². The molecule has 4 nitrogen and oxygen atoms in total. The van der Waals surface area contributed by atoms with Gasteiger partial charge in [0.05, 0.1) is 15.7 Å². The largest absolute Gasteiger partial charge is 0.348 e. The first-order chi connectivity index (χ1) is 12.8. The Balaban J connectivity index is 1.32. The summed E-state index contributed by atoms with van der Waals surface area (Å²) < 4.78 is 3.48. The molecule has 0 radical (unpaired) electrons. The minimum Gasteiger partial charge on any atom is -0.348 e. The quantitative estimate of drug-likeness (QED) is 0.648. The Morgan fingerprint density at radius 3 is 2.73 bits per heavy atom. The van der Waals surface area contributed by atoms with Gasteiger partial charge in [-0.2, -0.15) is 0 Å². The molecule has 1 saturated heterocycles. The number of fused-ring (bicyclic) bond motifs is 1. The van der Waals surface area contributed by atoms with Crippen LogP contribution in [-0.2, 0) is 6.54 Å². The molecule has 0 aliphatic carbocycles. The van der Waals surface area contributed by atoms with Crippen molar-refractivity contribution in [1.29, 1.82) is 0 Å². The first kappa shape index (κ1) is 17.5. The smallest absolute Gasteiger partial charge is 0.251 e. The maximum Gasteiger partial charge on any atom is 0.251 e. The predicted octanol–water partition coefficient (Wildman–Crippen LogP) is 4.72. The maximum atomic E-state index is 12.4. The van der Waals surface area contributed by atoms with Gasteiger partial charge in [0.25, 0.3) is 5.91 Å². The average molecular weight is 384 g/mol. The van der Waals surface area contributed by atoms with Gasteiger partial charge >= 0.3 is 0 Å². The molecule has 6 heteroatoms. The molecule has 1 fully saturated rings. The lowest BCUT2D eigenvalue weighted by Crippen LogP contribution is -2.23. The van der Waals surface area contributed by atoms with E-state index in [0.717, 1.165) is 15.8 Å². The van der Waals surface area contributed by atoms with E-state index in [9.17, 15) is 4.79 Å². The van der Waals surface area contributed by atoms with Gasteiger partial charge in [0.1, 0.15) is 0 Å². The minimum absolute atomic E-state index is 0.0490. The normalized spacial score (nSPS) is 15.2. The van der Waals surface area contributed by atoms with E-state index in [1.165, 1.54) is 37.2 Å².